The molecule has 0 aromatic heterocycles. The highest BCUT2D eigenvalue weighted by Crippen LogP contribution is 2.43. The molecule has 0 spiro atoms. The molecule has 0 saturated heterocycles. The van der Waals surface area contributed by atoms with Gasteiger partial charge in [-0.1, -0.05) is 121 Å². The van der Waals surface area contributed by atoms with Crippen molar-refractivity contribution in [1.29, 1.82) is 0 Å². The number of allylic oxidation sites excluding steroid dienone is 4. The highest BCUT2D eigenvalue weighted by molar-refractivity contribution is 7.47. The zero-order valence-corrected chi connectivity index (χ0v) is 36.5. The maximum absolute atomic E-state index is 12.6. The summed E-state index contributed by atoms with van der Waals surface area (Å²) < 4.78 is 32.7. The van der Waals surface area contributed by atoms with Crippen LogP contribution in [-0.2, 0) is 32.7 Å². The van der Waals surface area contributed by atoms with Crippen LogP contribution < -0.4 is 0 Å². The van der Waals surface area contributed by atoms with Gasteiger partial charge in [0.25, 0.3) is 0 Å². The molecule has 1 rings (SSSR count). The van der Waals surface area contributed by atoms with Gasteiger partial charge in [-0.25, -0.2) is 4.57 Å². The molecule has 338 valence electrons. The Bertz CT molecular complexity index is 1180. The van der Waals surface area contributed by atoms with Gasteiger partial charge in [-0.2, -0.15) is 0 Å². The summed E-state index contributed by atoms with van der Waals surface area (Å²) >= 11 is 0. The number of phosphoric acid groups is 1. The molecule has 1 fully saturated rings. The average Bonchev–Trinajstić information content (AvgIpc) is 3.47. The summed E-state index contributed by atoms with van der Waals surface area (Å²) in [6.07, 6.45) is 27.7. The number of aliphatic hydroxyl groups excluding tert-OH is 5. The summed E-state index contributed by atoms with van der Waals surface area (Å²) in [5.41, 5.74) is 0. The van der Waals surface area contributed by atoms with Crippen LogP contribution in [0.2, 0.25) is 0 Å². The lowest BCUT2D eigenvalue weighted by Crippen LogP contribution is -2.29. The molecule has 1 aliphatic rings. The first-order chi connectivity index (χ1) is 27.9. The molecule has 0 radical (unpaired) electrons. The Balaban J connectivity index is 2.48. The van der Waals surface area contributed by atoms with Crippen LogP contribution in [-0.4, -0.2) is 99.3 Å². The highest BCUT2D eigenvalue weighted by atomic mass is 31.2. The number of esters is 2. The first-order valence-corrected chi connectivity index (χ1v) is 23.7. The Hall–Kier alpha value is -1.93. The van der Waals surface area contributed by atoms with Crippen molar-refractivity contribution >= 4 is 19.8 Å². The summed E-state index contributed by atoms with van der Waals surface area (Å²) in [4.78, 5) is 35.2. The Morgan fingerprint density at radius 3 is 1.95 bits per heavy atom. The largest absolute Gasteiger partial charge is 0.472 e. The molecule has 1 unspecified atom stereocenters. The fourth-order valence-electron chi connectivity index (χ4n) is 6.80. The molecule has 1 saturated carbocycles. The van der Waals surface area contributed by atoms with Crippen LogP contribution >= 0.6 is 7.82 Å². The number of rotatable bonds is 37. The third-order valence-electron chi connectivity index (χ3n) is 10.3. The maximum atomic E-state index is 12.6. The summed E-state index contributed by atoms with van der Waals surface area (Å²) in [5, 5.41) is 49.6. The van der Waals surface area contributed by atoms with Crippen LogP contribution in [0.5, 0.6) is 0 Å². The first kappa shape index (κ1) is 54.1. The zero-order valence-electron chi connectivity index (χ0n) is 35.6. The summed E-state index contributed by atoms with van der Waals surface area (Å²) in [7, 11) is -4.68. The van der Waals surface area contributed by atoms with E-state index >= 15 is 0 Å². The van der Waals surface area contributed by atoms with Crippen LogP contribution in [0.3, 0.4) is 0 Å². The zero-order chi connectivity index (χ0) is 42.9. The van der Waals surface area contributed by atoms with Gasteiger partial charge in [0.15, 0.2) is 6.10 Å². The first-order valence-electron chi connectivity index (χ1n) is 22.2. The van der Waals surface area contributed by atoms with E-state index in [2.05, 4.69) is 30.5 Å². The monoisotopic (exact) mass is 847 g/mol. The minimum absolute atomic E-state index is 0.0630. The predicted octanol–water partition coefficient (Wildman–Crippen LogP) is 7.94. The van der Waals surface area contributed by atoms with Crippen LogP contribution in [0.25, 0.3) is 0 Å². The Kier molecular flexibility index (Phi) is 32.4. The van der Waals surface area contributed by atoms with Gasteiger partial charge in [0.1, 0.15) is 12.7 Å². The van der Waals surface area contributed by atoms with E-state index in [1.807, 2.05) is 18.2 Å². The quantitative estimate of drug-likeness (QED) is 0.0152. The van der Waals surface area contributed by atoms with E-state index in [0.717, 1.165) is 57.8 Å². The maximum Gasteiger partial charge on any atom is 0.472 e. The van der Waals surface area contributed by atoms with Gasteiger partial charge in [0.05, 0.1) is 38.1 Å². The highest BCUT2D eigenvalue weighted by Gasteiger charge is 2.39. The normalized spacial score (nSPS) is 21.2. The van der Waals surface area contributed by atoms with Crippen molar-refractivity contribution in [2.24, 2.45) is 11.8 Å². The Morgan fingerprint density at radius 2 is 1.28 bits per heavy atom. The van der Waals surface area contributed by atoms with Gasteiger partial charge < -0.3 is 39.9 Å². The van der Waals surface area contributed by atoms with E-state index in [-0.39, 0.29) is 31.1 Å². The predicted molar refractivity (Wildman–Crippen MR) is 226 cm³/mol. The minimum Gasteiger partial charge on any atom is -0.462 e. The summed E-state index contributed by atoms with van der Waals surface area (Å²) in [6.45, 7) is 1.99. The van der Waals surface area contributed by atoms with E-state index < -0.39 is 76.7 Å². The van der Waals surface area contributed by atoms with Crippen LogP contribution in [0, 0.1) is 11.8 Å². The second-order valence-electron chi connectivity index (χ2n) is 15.7. The van der Waals surface area contributed by atoms with E-state index in [4.69, 9.17) is 19.1 Å². The van der Waals surface area contributed by atoms with E-state index in [1.165, 1.54) is 38.5 Å². The molecule has 0 heterocycles. The molecule has 0 amide bonds. The molecular formula is C44H79O13P. The third kappa shape index (κ3) is 28.5. The SMILES string of the molecule is CCCCCCCC/C=C\CCCCCCCC(=O)O[C@H](COC(=O)CCC/C=C/C[C@@H]1[C@@H](/C=C/[C@@H](O)CCCCC)[C@H](O)C[C@@H]1O)COP(=O)(O)OC[C@@H](O)CO. The second-order valence-corrected chi connectivity index (χ2v) is 17.1. The van der Waals surface area contributed by atoms with E-state index in [9.17, 15) is 39.5 Å². The molecule has 0 aromatic carbocycles. The molecule has 0 aliphatic heterocycles. The molecule has 0 aromatic rings. The third-order valence-corrected chi connectivity index (χ3v) is 11.3. The fourth-order valence-corrected chi connectivity index (χ4v) is 7.59. The van der Waals surface area contributed by atoms with Crippen LogP contribution in [0.4, 0.5) is 0 Å². The molecule has 13 nitrogen and oxygen atoms in total. The molecule has 1 aliphatic carbocycles. The van der Waals surface area contributed by atoms with Crippen molar-refractivity contribution in [3.05, 3.63) is 36.5 Å². The van der Waals surface area contributed by atoms with Gasteiger partial charge >= 0.3 is 19.8 Å². The minimum atomic E-state index is -4.68. The Labute approximate surface area is 348 Å². The smallest absolute Gasteiger partial charge is 0.462 e. The molecule has 6 N–H and O–H groups in total. The number of hydrogen-bond donors (Lipinski definition) is 6. The number of carbonyl (C=O) groups excluding carboxylic acids is 2. The van der Waals surface area contributed by atoms with Gasteiger partial charge in [0.2, 0.25) is 0 Å². The van der Waals surface area contributed by atoms with E-state index in [1.54, 1.807) is 6.08 Å². The molecule has 0 bridgehead atoms. The number of unbranched alkanes of at least 4 members (excludes halogenated alkanes) is 14. The van der Waals surface area contributed by atoms with Gasteiger partial charge in [-0.15, -0.1) is 0 Å². The lowest BCUT2D eigenvalue weighted by Gasteiger charge is -2.20. The number of phosphoric ester groups is 1. The van der Waals surface area contributed by atoms with Crippen LogP contribution in [0.15, 0.2) is 36.5 Å². The number of carbonyl (C=O) groups is 2. The topological polar surface area (TPSA) is 210 Å². The lowest BCUT2D eigenvalue weighted by atomic mass is 9.89. The van der Waals surface area contributed by atoms with Gasteiger partial charge in [-0.05, 0) is 63.7 Å². The summed E-state index contributed by atoms with van der Waals surface area (Å²) in [5.74, 6) is -1.56. The number of hydrogen-bond acceptors (Lipinski definition) is 12. The van der Waals surface area contributed by atoms with Gasteiger partial charge in [0, 0.05) is 25.2 Å². The second kappa shape index (κ2) is 34.7. The van der Waals surface area contributed by atoms with Crippen molar-refractivity contribution in [2.75, 3.05) is 26.4 Å². The van der Waals surface area contributed by atoms with E-state index in [0.29, 0.717) is 32.1 Å². The molecular weight excluding hydrogens is 767 g/mol. The number of aliphatic hydroxyl groups is 5. The molecule has 58 heavy (non-hydrogen) atoms. The lowest BCUT2D eigenvalue weighted by molar-refractivity contribution is -0.161. The summed E-state index contributed by atoms with van der Waals surface area (Å²) in [6, 6.07) is 0. The standard InChI is InChI=1S/C44H79O13P/c1-3-5-7-8-9-10-11-12-13-14-15-16-17-18-24-28-44(51)57-38(35-56-58(52,53)55-33-37(47)32-45)34-54-43(50)27-23-20-19-22-26-39-40(42(49)31-41(39)48)30-29-36(46)25-21-6-4-2/h12-13,19,22,29-30,36-42,45-49H,3-11,14-18,20-21,23-28,31-35H2,1-2H3,(H,52,53)/b13-12-,22-19+,30-29+/t36-,37-,38+,39+,40+,41-,42+/m0/s1. The van der Waals surface area contributed by atoms with Crippen molar-refractivity contribution in [1.82, 2.24) is 0 Å². The molecule has 14 heteroatoms. The van der Waals surface area contributed by atoms with Crippen molar-refractivity contribution in [3.8, 4) is 0 Å². The van der Waals surface area contributed by atoms with Crippen LogP contribution in [0.1, 0.15) is 162 Å². The average molecular weight is 847 g/mol. The Morgan fingerprint density at radius 1 is 0.707 bits per heavy atom. The van der Waals surface area contributed by atoms with Crippen molar-refractivity contribution in [3.63, 3.8) is 0 Å². The number of ether oxygens (including phenoxy) is 2. The fraction of sp³-hybridized carbons (Fsp3) is 0.818. The molecule has 8 atom stereocenters. The van der Waals surface area contributed by atoms with Crippen molar-refractivity contribution in [2.45, 2.75) is 192 Å². The van der Waals surface area contributed by atoms with Gasteiger partial charge in [-0.3, -0.25) is 18.6 Å². The van der Waals surface area contributed by atoms with Crippen molar-refractivity contribution < 1.29 is 63.1 Å².